The van der Waals surface area contributed by atoms with Crippen LogP contribution in [0.25, 0.3) is 0 Å². The van der Waals surface area contributed by atoms with E-state index in [-0.39, 0.29) is 12.5 Å². The molecule has 1 amide bonds. The highest BCUT2D eigenvalue weighted by Crippen LogP contribution is 2.17. The molecule has 0 rings (SSSR count). The van der Waals surface area contributed by atoms with Gasteiger partial charge in [0.05, 0.1) is 18.8 Å². The molecular formula is C63H113NO3. The van der Waals surface area contributed by atoms with Gasteiger partial charge in [0.1, 0.15) is 0 Å². The van der Waals surface area contributed by atoms with Gasteiger partial charge in [-0.05, 0) is 70.6 Å². The zero-order chi connectivity index (χ0) is 48.5. The Morgan fingerprint density at radius 2 is 0.657 bits per heavy atom. The largest absolute Gasteiger partial charge is 0.394 e. The van der Waals surface area contributed by atoms with E-state index in [1.54, 1.807) is 0 Å². The van der Waals surface area contributed by atoms with Crippen molar-refractivity contribution in [3.63, 3.8) is 0 Å². The average molecular weight is 933 g/mol. The van der Waals surface area contributed by atoms with Gasteiger partial charge in [-0.2, -0.15) is 0 Å². The molecule has 0 aromatic heterocycles. The van der Waals surface area contributed by atoms with Crippen molar-refractivity contribution in [2.24, 2.45) is 0 Å². The molecule has 4 nitrogen and oxygen atoms in total. The van der Waals surface area contributed by atoms with Gasteiger partial charge in [-0.1, -0.05) is 298 Å². The second kappa shape index (κ2) is 57.9. The summed E-state index contributed by atoms with van der Waals surface area (Å²) >= 11 is 0. The number of amides is 1. The number of nitrogens with one attached hydrogen (secondary N) is 1. The zero-order valence-electron chi connectivity index (χ0n) is 44.7. The van der Waals surface area contributed by atoms with Gasteiger partial charge in [0, 0.05) is 6.42 Å². The highest BCUT2D eigenvalue weighted by molar-refractivity contribution is 5.76. The van der Waals surface area contributed by atoms with E-state index in [0.717, 1.165) is 83.5 Å². The van der Waals surface area contributed by atoms with Crippen LogP contribution in [0.2, 0.25) is 0 Å². The Morgan fingerprint density at radius 1 is 0.373 bits per heavy atom. The maximum absolute atomic E-state index is 12.5. The van der Waals surface area contributed by atoms with Gasteiger partial charge in [-0.15, -0.1) is 0 Å². The quantitative estimate of drug-likeness (QED) is 0.0420. The first-order chi connectivity index (χ1) is 33.2. The third-order valence-electron chi connectivity index (χ3n) is 13.2. The molecule has 0 saturated heterocycles. The van der Waals surface area contributed by atoms with Gasteiger partial charge in [0.15, 0.2) is 0 Å². The molecule has 3 N–H and O–H groups in total. The third-order valence-corrected chi connectivity index (χ3v) is 13.2. The predicted octanol–water partition coefficient (Wildman–Crippen LogP) is 19.5. The van der Waals surface area contributed by atoms with E-state index >= 15 is 0 Å². The number of aliphatic hydroxyl groups is 2. The molecule has 0 aliphatic carbocycles. The number of carbonyl (C=O) groups is 1. The van der Waals surface area contributed by atoms with Crippen LogP contribution in [0.5, 0.6) is 0 Å². The molecule has 0 bridgehead atoms. The summed E-state index contributed by atoms with van der Waals surface area (Å²) in [5.41, 5.74) is 0. The SMILES string of the molecule is CC/C=C\C/C=C\C/C=C\C/C=C\C/C=C\C/C=C\C/C=C\CCCCCC(=O)NC(CO)C(O)CCCCCCCCCCCCCCCCCCCCCCCCCCCCCCCC. The fourth-order valence-electron chi connectivity index (χ4n) is 8.76. The predicted molar refractivity (Wildman–Crippen MR) is 299 cm³/mol. The Labute approximate surface area is 418 Å². The lowest BCUT2D eigenvalue weighted by Gasteiger charge is -2.22. The molecule has 0 aromatic rings. The van der Waals surface area contributed by atoms with Crippen LogP contribution < -0.4 is 5.32 Å². The molecule has 0 aliphatic heterocycles. The van der Waals surface area contributed by atoms with Crippen LogP contribution in [0.15, 0.2) is 85.1 Å². The number of unbranched alkanes of at least 4 members (excludes halogenated alkanes) is 32. The zero-order valence-corrected chi connectivity index (χ0v) is 44.7. The lowest BCUT2D eigenvalue weighted by molar-refractivity contribution is -0.123. The highest BCUT2D eigenvalue weighted by Gasteiger charge is 2.20. The first-order valence-corrected chi connectivity index (χ1v) is 29.3. The van der Waals surface area contributed by atoms with Gasteiger partial charge in [-0.3, -0.25) is 4.79 Å². The second-order valence-corrected chi connectivity index (χ2v) is 19.7. The van der Waals surface area contributed by atoms with Crippen LogP contribution >= 0.6 is 0 Å². The van der Waals surface area contributed by atoms with Crippen LogP contribution in [0.4, 0.5) is 0 Å². The first-order valence-electron chi connectivity index (χ1n) is 29.3. The van der Waals surface area contributed by atoms with Crippen molar-refractivity contribution in [3.05, 3.63) is 85.1 Å². The fourth-order valence-corrected chi connectivity index (χ4v) is 8.76. The van der Waals surface area contributed by atoms with Gasteiger partial charge in [0.25, 0.3) is 0 Å². The van der Waals surface area contributed by atoms with E-state index in [1.807, 2.05) is 0 Å². The normalized spacial score (nSPS) is 13.4. The molecule has 4 heteroatoms. The molecular weight excluding hydrogens is 819 g/mol. The van der Waals surface area contributed by atoms with Crippen LogP contribution in [-0.4, -0.2) is 34.9 Å². The van der Waals surface area contributed by atoms with Crippen LogP contribution in [0.1, 0.15) is 290 Å². The minimum Gasteiger partial charge on any atom is -0.394 e. The Bertz CT molecular complexity index is 1190. The average Bonchev–Trinajstić information content (AvgIpc) is 3.33. The summed E-state index contributed by atoms with van der Waals surface area (Å²) in [6.45, 7) is 4.25. The Kier molecular flexibility index (Phi) is 55.8. The number of aliphatic hydroxyl groups excluding tert-OH is 2. The van der Waals surface area contributed by atoms with Crippen molar-refractivity contribution in [2.75, 3.05) is 6.61 Å². The molecule has 0 radical (unpaired) electrons. The van der Waals surface area contributed by atoms with Crippen molar-refractivity contribution >= 4 is 5.91 Å². The topological polar surface area (TPSA) is 69.6 Å². The Morgan fingerprint density at radius 3 is 0.970 bits per heavy atom. The molecule has 67 heavy (non-hydrogen) atoms. The number of rotatable bonds is 53. The van der Waals surface area contributed by atoms with Crippen LogP contribution in [0.3, 0.4) is 0 Å². The molecule has 0 heterocycles. The van der Waals surface area contributed by atoms with E-state index in [4.69, 9.17) is 0 Å². The van der Waals surface area contributed by atoms with Gasteiger partial charge < -0.3 is 15.5 Å². The lowest BCUT2D eigenvalue weighted by Crippen LogP contribution is -2.45. The minimum absolute atomic E-state index is 0.0629. The molecule has 0 saturated carbocycles. The third kappa shape index (κ3) is 54.4. The number of allylic oxidation sites excluding steroid dienone is 14. The number of carbonyl (C=O) groups excluding carboxylic acids is 1. The monoisotopic (exact) mass is 932 g/mol. The standard InChI is InChI=1S/C63H113NO3/c1-3-5-7-9-11-13-15-17-19-21-23-25-27-29-30-31-32-33-35-36-38-40-42-44-46-48-50-52-54-56-58-62(66)61(60-65)64-63(67)59-57-55-53-51-49-47-45-43-41-39-37-34-28-26-24-22-20-18-16-14-12-10-8-6-4-2/h6,8,12,14,18,20,24,26,34,37,41,43,47,49,61-62,65-66H,3-5,7,9-11,13,15-17,19,21-23,25,27-33,35-36,38-40,42,44-46,48,50-60H2,1-2H3,(H,64,67)/b8-6-,14-12-,20-18-,26-24-,37-34-,43-41-,49-47-. The fraction of sp³-hybridized carbons (Fsp3) is 0.762. The molecule has 0 aromatic carbocycles. The van der Waals surface area contributed by atoms with Crippen molar-refractivity contribution < 1.29 is 15.0 Å². The lowest BCUT2D eigenvalue weighted by atomic mass is 10.0. The van der Waals surface area contributed by atoms with E-state index in [1.165, 1.54) is 180 Å². The van der Waals surface area contributed by atoms with Crippen molar-refractivity contribution in [1.29, 1.82) is 0 Å². The summed E-state index contributed by atoms with van der Waals surface area (Å²) in [5.74, 6) is -0.0629. The number of hydrogen-bond donors (Lipinski definition) is 3. The molecule has 2 atom stereocenters. The Hall–Kier alpha value is -2.43. The van der Waals surface area contributed by atoms with Crippen LogP contribution in [-0.2, 0) is 4.79 Å². The van der Waals surface area contributed by atoms with E-state index in [2.05, 4.69) is 104 Å². The molecule has 388 valence electrons. The van der Waals surface area contributed by atoms with Crippen molar-refractivity contribution in [2.45, 2.75) is 302 Å². The summed E-state index contributed by atoms with van der Waals surface area (Å²) in [6, 6.07) is -0.562. The molecule has 0 fully saturated rings. The summed E-state index contributed by atoms with van der Waals surface area (Å²) in [7, 11) is 0. The summed E-state index contributed by atoms with van der Waals surface area (Å²) in [4.78, 5) is 12.5. The smallest absolute Gasteiger partial charge is 0.220 e. The second-order valence-electron chi connectivity index (χ2n) is 19.7. The van der Waals surface area contributed by atoms with E-state index in [9.17, 15) is 15.0 Å². The highest BCUT2D eigenvalue weighted by atomic mass is 16.3. The van der Waals surface area contributed by atoms with Crippen molar-refractivity contribution in [1.82, 2.24) is 5.32 Å². The van der Waals surface area contributed by atoms with Gasteiger partial charge >= 0.3 is 0 Å². The maximum atomic E-state index is 12.5. The van der Waals surface area contributed by atoms with Gasteiger partial charge in [0.2, 0.25) is 5.91 Å². The summed E-state index contributed by atoms with van der Waals surface area (Å²) in [6.07, 6.45) is 84.4. The molecule has 2 unspecified atom stereocenters. The number of hydrogen-bond acceptors (Lipinski definition) is 3. The van der Waals surface area contributed by atoms with Gasteiger partial charge in [-0.25, -0.2) is 0 Å². The Balaban J connectivity index is 3.53. The van der Waals surface area contributed by atoms with Crippen LogP contribution in [0, 0.1) is 0 Å². The van der Waals surface area contributed by atoms with E-state index in [0.29, 0.717) is 12.8 Å². The minimum atomic E-state index is -0.681. The molecule has 0 spiro atoms. The van der Waals surface area contributed by atoms with Crippen molar-refractivity contribution in [3.8, 4) is 0 Å². The van der Waals surface area contributed by atoms with E-state index < -0.39 is 12.1 Å². The maximum Gasteiger partial charge on any atom is 0.220 e. The first kappa shape index (κ1) is 64.6. The summed E-state index contributed by atoms with van der Waals surface area (Å²) < 4.78 is 0. The summed E-state index contributed by atoms with van der Waals surface area (Å²) in [5, 5.41) is 23.3. The molecule has 0 aliphatic rings.